The summed E-state index contributed by atoms with van der Waals surface area (Å²) in [4.78, 5) is 16.3. The van der Waals surface area contributed by atoms with Crippen molar-refractivity contribution < 1.29 is 19.2 Å². The number of fused-ring (bicyclic) bond motifs is 5. The van der Waals surface area contributed by atoms with Crippen LogP contribution in [0.1, 0.15) is 98.0 Å². The topological polar surface area (TPSA) is 83.2 Å². The number of hydrogen-bond acceptors (Lipinski definition) is 6. The molecular formula is C36H50N2O5. The number of rotatable bonds is 8. The molecule has 0 bridgehead atoms. The van der Waals surface area contributed by atoms with Gasteiger partial charge < -0.3 is 14.3 Å². The third-order valence-electron chi connectivity index (χ3n) is 12.3. The standard InChI is InChI=1S/C36H50N2O5/c1-6-33-23(2)7-16-34(43-33)42-28-17-19-35(4)26(21-28)10-13-29-31-15-14-30(36(31,5)20-18-32(29)35)24(3)37-41-22-25-8-11-27(12-9-25)38(39)40/h7-12,16,23,28-34H,6,13-15,17-22H2,1-5H3/b37-24+/t23-,28-,29?,30+,31?,32?,33+,34?,35-,36+/m0/s1. The van der Waals surface area contributed by atoms with E-state index in [4.69, 9.17) is 14.3 Å². The molecule has 7 heteroatoms. The highest BCUT2D eigenvalue weighted by atomic mass is 16.7. The van der Waals surface area contributed by atoms with E-state index in [1.807, 2.05) is 0 Å². The van der Waals surface area contributed by atoms with Crippen molar-refractivity contribution in [3.8, 4) is 0 Å². The molecule has 43 heavy (non-hydrogen) atoms. The zero-order valence-electron chi connectivity index (χ0n) is 26.7. The molecule has 1 heterocycles. The molecule has 234 valence electrons. The maximum atomic E-state index is 10.9. The van der Waals surface area contributed by atoms with Gasteiger partial charge in [-0.2, -0.15) is 0 Å². The highest BCUT2D eigenvalue weighted by Crippen LogP contribution is 2.66. The first kappa shape index (κ1) is 30.5. The zero-order chi connectivity index (χ0) is 30.4. The van der Waals surface area contributed by atoms with Crippen LogP contribution in [0.3, 0.4) is 0 Å². The van der Waals surface area contributed by atoms with Gasteiger partial charge >= 0.3 is 0 Å². The van der Waals surface area contributed by atoms with E-state index in [1.165, 1.54) is 50.7 Å². The van der Waals surface area contributed by atoms with E-state index in [9.17, 15) is 10.1 Å². The highest BCUT2D eigenvalue weighted by Gasteiger charge is 2.59. The second-order valence-electron chi connectivity index (χ2n) is 14.6. The number of non-ortho nitro benzene ring substituents is 1. The average Bonchev–Trinajstić information content (AvgIpc) is 3.36. The lowest BCUT2D eigenvalue weighted by Gasteiger charge is -2.58. The summed E-state index contributed by atoms with van der Waals surface area (Å²) in [5.74, 6) is 3.09. The Balaban J connectivity index is 1.09. The van der Waals surface area contributed by atoms with E-state index in [2.05, 4.69) is 58.0 Å². The first-order valence-electron chi connectivity index (χ1n) is 16.7. The number of hydrogen-bond donors (Lipinski definition) is 0. The van der Waals surface area contributed by atoms with Crippen LogP contribution in [0.25, 0.3) is 0 Å². The molecule has 10 atom stereocenters. The largest absolute Gasteiger partial charge is 0.391 e. The molecule has 1 aromatic rings. The smallest absolute Gasteiger partial charge is 0.269 e. The lowest BCUT2D eigenvalue weighted by atomic mass is 9.47. The number of oxime groups is 1. The zero-order valence-corrected chi connectivity index (χ0v) is 26.7. The minimum absolute atomic E-state index is 0.0927. The summed E-state index contributed by atoms with van der Waals surface area (Å²) in [5, 5.41) is 15.5. The number of ether oxygens (including phenoxy) is 2. The molecule has 1 aliphatic heterocycles. The Kier molecular flexibility index (Phi) is 8.60. The number of nitro benzene ring substituents is 1. The molecular weight excluding hydrogens is 540 g/mol. The summed E-state index contributed by atoms with van der Waals surface area (Å²) in [5.41, 5.74) is 4.25. The fourth-order valence-corrected chi connectivity index (χ4v) is 9.88. The average molecular weight is 591 g/mol. The van der Waals surface area contributed by atoms with Crippen LogP contribution in [0.2, 0.25) is 0 Å². The van der Waals surface area contributed by atoms with E-state index in [0.29, 0.717) is 24.4 Å². The van der Waals surface area contributed by atoms with E-state index in [1.54, 1.807) is 17.7 Å². The molecule has 3 saturated carbocycles. The SMILES string of the molecule is CC[C@H]1OC(O[C@H]2CC[C@@]3(C)C(=CCC4C3CC[C@@]3(C)C4CC[C@@H]3/C(C)=N/OCc3ccc([N+](=O)[O-])cc3)C2)C=C[C@@H]1C. The van der Waals surface area contributed by atoms with E-state index in [-0.39, 0.29) is 39.9 Å². The predicted octanol–water partition coefficient (Wildman–Crippen LogP) is 8.78. The molecule has 0 radical (unpaired) electrons. The van der Waals surface area contributed by atoms with Gasteiger partial charge in [0.25, 0.3) is 5.69 Å². The van der Waals surface area contributed by atoms with Crippen molar-refractivity contribution in [3.05, 3.63) is 63.7 Å². The first-order chi connectivity index (χ1) is 20.6. The summed E-state index contributed by atoms with van der Waals surface area (Å²) in [6.45, 7) is 12.0. The van der Waals surface area contributed by atoms with Gasteiger partial charge in [-0.15, -0.1) is 0 Å². The number of nitro groups is 1. The third-order valence-corrected chi connectivity index (χ3v) is 12.3. The third kappa shape index (κ3) is 5.72. The van der Waals surface area contributed by atoms with Gasteiger partial charge in [0.2, 0.25) is 0 Å². The van der Waals surface area contributed by atoms with Gasteiger partial charge in [-0.25, -0.2) is 0 Å². The van der Waals surface area contributed by atoms with Crippen LogP contribution < -0.4 is 0 Å². The molecule has 0 amide bonds. The fourth-order valence-electron chi connectivity index (χ4n) is 9.88. The van der Waals surface area contributed by atoms with Crippen LogP contribution in [0.4, 0.5) is 5.69 Å². The number of nitrogens with zero attached hydrogens (tertiary/aromatic N) is 2. The lowest BCUT2D eigenvalue weighted by Crippen LogP contribution is -2.51. The predicted molar refractivity (Wildman–Crippen MR) is 168 cm³/mol. The number of allylic oxidation sites excluding steroid dienone is 1. The Morgan fingerprint density at radius 1 is 1.09 bits per heavy atom. The van der Waals surface area contributed by atoms with Gasteiger partial charge in [-0.1, -0.05) is 50.6 Å². The molecule has 6 rings (SSSR count). The second-order valence-corrected chi connectivity index (χ2v) is 14.6. The van der Waals surface area contributed by atoms with Crippen molar-refractivity contribution >= 4 is 11.4 Å². The summed E-state index contributed by atoms with van der Waals surface area (Å²) >= 11 is 0. The van der Waals surface area contributed by atoms with Crippen LogP contribution in [-0.2, 0) is 20.9 Å². The van der Waals surface area contributed by atoms with Gasteiger partial charge in [-0.05, 0) is 117 Å². The van der Waals surface area contributed by atoms with Gasteiger partial charge in [0.05, 0.1) is 22.8 Å². The normalized spacial score (nSPS) is 40.7. The summed E-state index contributed by atoms with van der Waals surface area (Å²) in [7, 11) is 0. The van der Waals surface area contributed by atoms with Crippen molar-refractivity contribution in [1.29, 1.82) is 0 Å². The molecule has 4 unspecified atom stereocenters. The minimum atomic E-state index is -0.380. The molecule has 4 aliphatic carbocycles. The molecule has 0 saturated heterocycles. The molecule has 7 nitrogen and oxygen atoms in total. The van der Waals surface area contributed by atoms with Crippen LogP contribution in [0, 0.1) is 50.5 Å². The Morgan fingerprint density at radius 3 is 2.63 bits per heavy atom. The van der Waals surface area contributed by atoms with Crippen LogP contribution >= 0.6 is 0 Å². The van der Waals surface area contributed by atoms with Crippen LogP contribution in [0.15, 0.2) is 53.2 Å². The highest BCUT2D eigenvalue weighted by molar-refractivity contribution is 5.85. The van der Waals surface area contributed by atoms with E-state index in [0.717, 1.165) is 42.4 Å². The first-order valence-corrected chi connectivity index (χ1v) is 16.7. The molecule has 0 N–H and O–H groups in total. The van der Waals surface area contributed by atoms with Crippen molar-refractivity contribution in [2.24, 2.45) is 45.6 Å². The van der Waals surface area contributed by atoms with Crippen LogP contribution in [-0.4, -0.2) is 29.1 Å². The van der Waals surface area contributed by atoms with Crippen molar-refractivity contribution in [2.45, 2.75) is 118 Å². The Bertz CT molecular complexity index is 1270. The van der Waals surface area contributed by atoms with Crippen molar-refractivity contribution in [1.82, 2.24) is 0 Å². The molecule has 5 aliphatic rings. The maximum Gasteiger partial charge on any atom is 0.269 e. The van der Waals surface area contributed by atoms with Gasteiger partial charge in [0.15, 0.2) is 6.29 Å². The van der Waals surface area contributed by atoms with Gasteiger partial charge in [-0.3, -0.25) is 10.1 Å². The lowest BCUT2D eigenvalue weighted by molar-refractivity contribution is -0.384. The summed E-state index contributed by atoms with van der Waals surface area (Å²) in [6, 6.07) is 6.52. The minimum Gasteiger partial charge on any atom is -0.391 e. The Labute approximate surface area is 257 Å². The monoisotopic (exact) mass is 590 g/mol. The second kappa shape index (κ2) is 12.1. The van der Waals surface area contributed by atoms with Gasteiger partial charge in [0, 0.05) is 24.0 Å². The summed E-state index contributed by atoms with van der Waals surface area (Å²) < 4.78 is 12.8. The van der Waals surface area contributed by atoms with E-state index < -0.39 is 0 Å². The molecule has 1 aromatic carbocycles. The molecule has 3 fully saturated rings. The van der Waals surface area contributed by atoms with Crippen LogP contribution in [0.5, 0.6) is 0 Å². The summed E-state index contributed by atoms with van der Waals surface area (Å²) in [6.07, 6.45) is 17.8. The Hall–Kier alpha value is -2.51. The van der Waals surface area contributed by atoms with E-state index >= 15 is 0 Å². The molecule has 0 aromatic heterocycles. The molecule has 0 spiro atoms. The van der Waals surface area contributed by atoms with Crippen molar-refractivity contribution in [3.63, 3.8) is 0 Å². The Morgan fingerprint density at radius 2 is 1.88 bits per heavy atom. The number of benzene rings is 1. The maximum absolute atomic E-state index is 10.9. The van der Waals surface area contributed by atoms with Crippen molar-refractivity contribution in [2.75, 3.05) is 0 Å². The fraction of sp³-hybridized carbons (Fsp3) is 0.694. The quantitative estimate of drug-likeness (QED) is 0.131. The van der Waals surface area contributed by atoms with Gasteiger partial charge in [0.1, 0.15) is 6.61 Å².